The van der Waals surface area contributed by atoms with Crippen molar-refractivity contribution in [1.82, 2.24) is 10.3 Å². The summed E-state index contributed by atoms with van der Waals surface area (Å²) in [6.07, 6.45) is 2.24. The Labute approximate surface area is 110 Å². The van der Waals surface area contributed by atoms with Crippen LogP contribution < -0.4 is 10.7 Å². The van der Waals surface area contributed by atoms with Gasteiger partial charge in [0.05, 0.1) is 12.1 Å². The van der Waals surface area contributed by atoms with Gasteiger partial charge in [-0.25, -0.2) is 0 Å². The molecule has 0 saturated heterocycles. The lowest BCUT2D eigenvalue weighted by molar-refractivity contribution is 0.0943. The van der Waals surface area contributed by atoms with Crippen molar-refractivity contribution >= 4 is 16.8 Å². The molecule has 100 valence electrons. The molecule has 0 bridgehead atoms. The van der Waals surface area contributed by atoms with Crippen molar-refractivity contribution in [3.63, 3.8) is 0 Å². The number of fused-ring (bicyclic) bond motifs is 1. The van der Waals surface area contributed by atoms with Gasteiger partial charge in [0, 0.05) is 18.1 Å². The van der Waals surface area contributed by atoms with E-state index in [-0.39, 0.29) is 24.1 Å². The number of hydrogen-bond acceptors (Lipinski definition) is 3. The number of rotatable bonds is 4. The molecule has 0 spiro atoms. The number of carbonyl (C=O) groups excluding carboxylic acids is 1. The van der Waals surface area contributed by atoms with Gasteiger partial charge in [-0.15, -0.1) is 0 Å². The van der Waals surface area contributed by atoms with Crippen LogP contribution in [0.1, 0.15) is 22.8 Å². The van der Waals surface area contributed by atoms with Gasteiger partial charge in [-0.1, -0.05) is 19.1 Å². The van der Waals surface area contributed by atoms with E-state index in [1.165, 1.54) is 6.20 Å². The Balaban J connectivity index is 2.53. The van der Waals surface area contributed by atoms with Crippen LogP contribution in [0.2, 0.25) is 0 Å². The number of H-pyrrole nitrogens is 1. The van der Waals surface area contributed by atoms with Crippen molar-refractivity contribution in [2.45, 2.75) is 13.3 Å². The Morgan fingerprint density at radius 3 is 2.89 bits per heavy atom. The van der Waals surface area contributed by atoms with Crippen molar-refractivity contribution in [1.29, 1.82) is 0 Å². The third kappa shape index (κ3) is 2.51. The number of nitrogens with one attached hydrogen (secondary N) is 2. The fourth-order valence-electron chi connectivity index (χ4n) is 2.04. The van der Waals surface area contributed by atoms with Crippen molar-refractivity contribution in [3.8, 4) is 0 Å². The zero-order valence-corrected chi connectivity index (χ0v) is 10.7. The first-order chi connectivity index (χ1) is 9.19. The highest BCUT2D eigenvalue weighted by Crippen LogP contribution is 2.14. The predicted molar refractivity (Wildman–Crippen MR) is 73.4 cm³/mol. The second-order valence-corrected chi connectivity index (χ2v) is 4.20. The van der Waals surface area contributed by atoms with Crippen LogP contribution in [0.4, 0.5) is 0 Å². The SMILES string of the molecule is CCc1cccc2c(=O)c(C(=O)NCCO)c[nH]c12. The van der Waals surface area contributed by atoms with Crippen molar-refractivity contribution < 1.29 is 9.90 Å². The van der Waals surface area contributed by atoms with E-state index < -0.39 is 5.91 Å². The highest BCUT2D eigenvalue weighted by atomic mass is 16.3. The fraction of sp³-hybridized carbons (Fsp3) is 0.286. The average Bonchev–Trinajstić information content (AvgIpc) is 2.44. The maximum absolute atomic E-state index is 12.3. The van der Waals surface area contributed by atoms with Crippen LogP contribution in [0.25, 0.3) is 10.9 Å². The number of aromatic nitrogens is 1. The highest BCUT2D eigenvalue weighted by Gasteiger charge is 2.13. The van der Waals surface area contributed by atoms with E-state index in [0.717, 1.165) is 17.5 Å². The van der Waals surface area contributed by atoms with Gasteiger partial charge < -0.3 is 15.4 Å². The molecule has 0 fully saturated rings. The van der Waals surface area contributed by atoms with E-state index in [4.69, 9.17) is 5.11 Å². The van der Waals surface area contributed by atoms with Crippen molar-refractivity contribution in [2.75, 3.05) is 13.2 Å². The van der Waals surface area contributed by atoms with E-state index in [2.05, 4.69) is 10.3 Å². The number of benzene rings is 1. The zero-order valence-electron chi connectivity index (χ0n) is 10.7. The smallest absolute Gasteiger partial charge is 0.256 e. The maximum atomic E-state index is 12.3. The Morgan fingerprint density at radius 2 is 2.21 bits per heavy atom. The summed E-state index contributed by atoms with van der Waals surface area (Å²) < 4.78 is 0. The molecule has 1 heterocycles. The molecule has 0 radical (unpaired) electrons. The molecule has 0 saturated carbocycles. The van der Waals surface area contributed by atoms with Crippen LogP contribution in [-0.4, -0.2) is 29.1 Å². The normalized spacial score (nSPS) is 10.6. The van der Waals surface area contributed by atoms with Gasteiger partial charge in [0.2, 0.25) is 5.43 Å². The summed E-state index contributed by atoms with van der Waals surface area (Å²) in [7, 11) is 0. The van der Waals surface area contributed by atoms with Gasteiger partial charge in [0.15, 0.2) is 0 Å². The number of hydrogen-bond donors (Lipinski definition) is 3. The number of aliphatic hydroxyl groups is 1. The molecule has 0 unspecified atom stereocenters. The summed E-state index contributed by atoms with van der Waals surface area (Å²) in [4.78, 5) is 27.1. The van der Waals surface area contributed by atoms with Gasteiger partial charge >= 0.3 is 0 Å². The number of aromatic amines is 1. The Hall–Kier alpha value is -2.14. The Kier molecular flexibility index (Phi) is 3.97. The van der Waals surface area contributed by atoms with Gasteiger partial charge in [0.25, 0.3) is 5.91 Å². The topological polar surface area (TPSA) is 82.2 Å². The highest BCUT2D eigenvalue weighted by molar-refractivity contribution is 5.97. The first-order valence-corrected chi connectivity index (χ1v) is 6.21. The second kappa shape index (κ2) is 5.67. The molecule has 2 rings (SSSR count). The van der Waals surface area contributed by atoms with Crippen LogP contribution in [0.3, 0.4) is 0 Å². The second-order valence-electron chi connectivity index (χ2n) is 4.20. The molecule has 5 nitrogen and oxygen atoms in total. The van der Waals surface area contributed by atoms with Crippen molar-refractivity contribution in [3.05, 3.63) is 45.7 Å². The van der Waals surface area contributed by atoms with E-state index in [1.807, 2.05) is 19.1 Å². The summed E-state index contributed by atoms with van der Waals surface area (Å²) in [5.41, 5.74) is 1.58. The molecule has 19 heavy (non-hydrogen) atoms. The molecule has 2 aromatic rings. The van der Waals surface area contributed by atoms with Crippen LogP contribution in [0, 0.1) is 0 Å². The molecule has 0 aliphatic rings. The lowest BCUT2D eigenvalue weighted by atomic mass is 10.1. The minimum atomic E-state index is -0.473. The Bertz CT molecular complexity index is 661. The minimum Gasteiger partial charge on any atom is -0.395 e. The summed E-state index contributed by atoms with van der Waals surface area (Å²) in [5.74, 6) is -0.473. The number of carbonyl (C=O) groups is 1. The van der Waals surface area contributed by atoms with Crippen LogP contribution >= 0.6 is 0 Å². The summed E-state index contributed by atoms with van der Waals surface area (Å²) in [6.45, 7) is 1.98. The molecular weight excluding hydrogens is 244 g/mol. The molecule has 0 aliphatic heterocycles. The minimum absolute atomic E-state index is 0.0641. The molecule has 1 amide bonds. The lowest BCUT2D eigenvalue weighted by Gasteiger charge is -2.07. The molecule has 1 aromatic carbocycles. The Morgan fingerprint density at radius 1 is 1.42 bits per heavy atom. The number of aliphatic hydroxyl groups excluding tert-OH is 1. The molecule has 5 heteroatoms. The lowest BCUT2D eigenvalue weighted by Crippen LogP contribution is -2.31. The quantitative estimate of drug-likeness (QED) is 0.761. The third-order valence-electron chi connectivity index (χ3n) is 3.02. The van der Waals surface area contributed by atoms with E-state index >= 15 is 0 Å². The standard InChI is InChI=1S/C14H16N2O3/c1-2-9-4-3-5-10-12(9)16-8-11(13(10)18)14(19)15-6-7-17/h3-5,8,17H,2,6-7H2,1H3,(H,15,19)(H,16,18). The zero-order chi connectivity index (χ0) is 13.8. The summed E-state index contributed by atoms with van der Waals surface area (Å²) >= 11 is 0. The average molecular weight is 260 g/mol. The number of aryl methyl sites for hydroxylation is 1. The van der Waals surface area contributed by atoms with Gasteiger partial charge in [-0.3, -0.25) is 9.59 Å². The van der Waals surface area contributed by atoms with Crippen LogP contribution in [0.5, 0.6) is 0 Å². The van der Waals surface area contributed by atoms with E-state index in [0.29, 0.717) is 5.39 Å². The predicted octanol–water partition coefficient (Wildman–Crippen LogP) is 0.813. The van der Waals surface area contributed by atoms with Gasteiger partial charge in [-0.2, -0.15) is 0 Å². The van der Waals surface area contributed by atoms with Gasteiger partial charge in [-0.05, 0) is 18.1 Å². The molecule has 1 aromatic heterocycles. The largest absolute Gasteiger partial charge is 0.395 e. The third-order valence-corrected chi connectivity index (χ3v) is 3.02. The number of pyridine rings is 1. The maximum Gasteiger partial charge on any atom is 0.256 e. The van der Waals surface area contributed by atoms with Crippen LogP contribution in [0.15, 0.2) is 29.2 Å². The first-order valence-electron chi connectivity index (χ1n) is 6.21. The van der Waals surface area contributed by atoms with E-state index in [9.17, 15) is 9.59 Å². The number of para-hydroxylation sites is 1. The number of amides is 1. The summed E-state index contributed by atoms with van der Waals surface area (Å²) in [5, 5.41) is 11.7. The molecule has 0 aliphatic carbocycles. The van der Waals surface area contributed by atoms with Crippen molar-refractivity contribution in [2.24, 2.45) is 0 Å². The molecule has 0 atom stereocenters. The monoisotopic (exact) mass is 260 g/mol. The molecule has 3 N–H and O–H groups in total. The van der Waals surface area contributed by atoms with Gasteiger partial charge in [0.1, 0.15) is 5.56 Å². The summed E-state index contributed by atoms with van der Waals surface area (Å²) in [6, 6.07) is 5.46. The van der Waals surface area contributed by atoms with Crippen LogP contribution in [-0.2, 0) is 6.42 Å². The molecular formula is C14H16N2O3. The van der Waals surface area contributed by atoms with E-state index in [1.54, 1.807) is 6.07 Å². The fourth-order valence-corrected chi connectivity index (χ4v) is 2.04. The first kappa shape index (κ1) is 13.3.